The predicted molar refractivity (Wildman–Crippen MR) is 139 cm³/mol. The molecular weight excluding hydrogens is 424 g/mol. The highest BCUT2D eigenvalue weighted by molar-refractivity contribution is 5.80. The van der Waals surface area contributed by atoms with Gasteiger partial charge in [0.25, 0.3) is 5.91 Å². The van der Waals surface area contributed by atoms with Crippen LogP contribution in [0.25, 0.3) is 0 Å². The van der Waals surface area contributed by atoms with Crippen LogP contribution in [0.15, 0.2) is 66.2 Å². The van der Waals surface area contributed by atoms with Crippen LogP contribution in [0.3, 0.4) is 0 Å². The van der Waals surface area contributed by atoms with Gasteiger partial charge >= 0.3 is 0 Å². The molecule has 5 nitrogen and oxygen atoms in total. The fraction of sp³-hybridized carbons (Fsp3) is 0.483. The highest BCUT2D eigenvalue weighted by Crippen LogP contribution is 2.27. The zero-order valence-corrected chi connectivity index (χ0v) is 21.1. The number of anilines is 1. The van der Waals surface area contributed by atoms with E-state index >= 15 is 0 Å². The molecular formula is C29H40N2O3. The number of piperidine rings is 1. The Hall–Kier alpha value is -2.79. The van der Waals surface area contributed by atoms with Gasteiger partial charge in [0, 0.05) is 31.4 Å². The van der Waals surface area contributed by atoms with Gasteiger partial charge < -0.3 is 19.6 Å². The number of aliphatic hydroxyl groups is 1. The molecule has 0 aromatic heterocycles. The van der Waals surface area contributed by atoms with E-state index in [2.05, 4.69) is 49.1 Å². The minimum atomic E-state index is -0.887. The molecule has 2 aromatic rings. The fourth-order valence-corrected chi connectivity index (χ4v) is 4.38. The van der Waals surface area contributed by atoms with E-state index in [1.807, 2.05) is 49.1 Å². The largest absolute Gasteiger partial charge is 0.489 e. The van der Waals surface area contributed by atoms with Gasteiger partial charge in [0.15, 0.2) is 0 Å². The van der Waals surface area contributed by atoms with Crippen LogP contribution in [-0.4, -0.2) is 47.7 Å². The van der Waals surface area contributed by atoms with Gasteiger partial charge in [-0.3, -0.25) is 4.79 Å². The first-order chi connectivity index (χ1) is 16.3. The molecule has 0 saturated carbocycles. The number of likely N-dealkylation sites (tertiary alicyclic amines) is 1. The van der Waals surface area contributed by atoms with Crippen LogP contribution in [0.4, 0.5) is 5.69 Å². The minimum absolute atomic E-state index is 0.122. The Balaban J connectivity index is 1.63. The van der Waals surface area contributed by atoms with Crippen molar-refractivity contribution in [2.45, 2.75) is 65.7 Å². The lowest BCUT2D eigenvalue weighted by molar-refractivity contribution is -0.142. The van der Waals surface area contributed by atoms with E-state index in [4.69, 9.17) is 4.74 Å². The van der Waals surface area contributed by atoms with E-state index in [9.17, 15) is 9.90 Å². The molecule has 1 aliphatic rings. The van der Waals surface area contributed by atoms with Crippen molar-refractivity contribution in [3.63, 3.8) is 0 Å². The lowest BCUT2D eigenvalue weighted by Gasteiger charge is -2.40. The number of hydrogen-bond acceptors (Lipinski definition) is 4. The SMILES string of the molecule is CC(C)=CCN(c1ccc(OCc2ccccc2)cc1)C1CCN(C(=O)[C@@H](O)CC(C)C)CC1. The predicted octanol–water partition coefficient (Wildman–Crippen LogP) is 5.44. The summed E-state index contributed by atoms with van der Waals surface area (Å²) in [6.45, 7) is 11.1. The molecule has 34 heavy (non-hydrogen) atoms. The molecule has 1 atom stereocenters. The highest BCUT2D eigenvalue weighted by Gasteiger charge is 2.30. The molecule has 1 amide bonds. The fourth-order valence-electron chi connectivity index (χ4n) is 4.38. The number of allylic oxidation sites excluding steroid dienone is 1. The molecule has 3 rings (SSSR count). The van der Waals surface area contributed by atoms with Crippen molar-refractivity contribution in [2.75, 3.05) is 24.5 Å². The standard InChI is InChI=1S/C29H40N2O3/c1-22(2)14-19-31(26-15-17-30(18-16-26)29(33)28(32)20-23(3)4)25-10-12-27(13-11-25)34-21-24-8-6-5-7-9-24/h5-14,23,26,28,32H,15-21H2,1-4H3/t28-/m0/s1. The zero-order chi connectivity index (χ0) is 24.5. The Morgan fingerprint density at radius 2 is 1.74 bits per heavy atom. The van der Waals surface area contributed by atoms with Crippen LogP contribution in [0, 0.1) is 5.92 Å². The maximum Gasteiger partial charge on any atom is 0.251 e. The average molecular weight is 465 g/mol. The molecule has 0 unspecified atom stereocenters. The van der Waals surface area contributed by atoms with Crippen molar-refractivity contribution in [2.24, 2.45) is 5.92 Å². The topological polar surface area (TPSA) is 53.0 Å². The average Bonchev–Trinajstić information content (AvgIpc) is 2.83. The van der Waals surface area contributed by atoms with Gasteiger partial charge in [-0.1, -0.05) is 55.8 Å². The number of carbonyl (C=O) groups is 1. The summed E-state index contributed by atoms with van der Waals surface area (Å²) < 4.78 is 5.96. The molecule has 1 N–H and O–H groups in total. The summed E-state index contributed by atoms with van der Waals surface area (Å²) in [7, 11) is 0. The van der Waals surface area contributed by atoms with Gasteiger partial charge in [0.1, 0.15) is 18.5 Å². The van der Waals surface area contributed by atoms with Gasteiger partial charge in [-0.25, -0.2) is 0 Å². The molecule has 1 aliphatic heterocycles. The van der Waals surface area contributed by atoms with Crippen LogP contribution in [-0.2, 0) is 11.4 Å². The molecule has 1 heterocycles. The third-order valence-corrected chi connectivity index (χ3v) is 6.31. The van der Waals surface area contributed by atoms with Crippen LogP contribution in [0.5, 0.6) is 5.75 Å². The van der Waals surface area contributed by atoms with Crippen molar-refractivity contribution >= 4 is 11.6 Å². The smallest absolute Gasteiger partial charge is 0.251 e. The molecule has 0 radical (unpaired) electrons. The number of hydrogen-bond donors (Lipinski definition) is 1. The van der Waals surface area contributed by atoms with Gasteiger partial charge in [-0.2, -0.15) is 0 Å². The number of aliphatic hydroxyl groups excluding tert-OH is 1. The Morgan fingerprint density at radius 3 is 2.32 bits per heavy atom. The number of carbonyl (C=O) groups excluding carboxylic acids is 1. The van der Waals surface area contributed by atoms with Crippen molar-refractivity contribution in [3.05, 3.63) is 71.8 Å². The van der Waals surface area contributed by atoms with Gasteiger partial charge in [0.2, 0.25) is 0 Å². The van der Waals surface area contributed by atoms with Crippen LogP contribution < -0.4 is 9.64 Å². The molecule has 2 aromatic carbocycles. The maximum absolute atomic E-state index is 12.6. The number of benzene rings is 2. The second-order valence-electron chi connectivity index (χ2n) is 9.90. The van der Waals surface area contributed by atoms with E-state index in [0.29, 0.717) is 38.1 Å². The molecule has 184 valence electrons. The summed E-state index contributed by atoms with van der Waals surface area (Å²) in [6.07, 6.45) is 3.67. The van der Waals surface area contributed by atoms with E-state index in [1.165, 1.54) is 5.57 Å². The summed E-state index contributed by atoms with van der Waals surface area (Å²) >= 11 is 0. The summed E-state index contributed by atoms with van der Waals surface area (Å²) in [4.78, 5) is 16.9. The van der Waals surface area contributed by atoms with Crippen molar-refractivity contribution in [3.8, 4) is 5.75 Å². The van der Waals surface area contributed by atoms with E-state index in [-0.39, 0.29) is 5.91 Å². The maximum atomic E-state index is 12.6. The number of rotatable bonds is 10. The second kappa shape index (κ2) is 12.6. The summed E-state index contributed by atoms with van der Waals surface area (Å²) in [5, 5.41) is 10.3. The third-order valence-electron chi connectivity index (χ3n) is 6.31. The highest BCUT2D eigenvalue weighted by atomic mass is 16.5. The first-order valence-corrected chi connectivity index (χ1v) is 12.5. The Bertz CT molecular complexity index is 912. The number of amides is 1. The number of ether oxygens (including phenoxy) is 1. The molecule has 1 saturated heterocycles. The molecule has 0 spiro atoms. The molecule has 1 fully saturated rings. The first kappa shape index (κ1) is 25.8. The first-order valence-electron chi connectivity index (χ1n) is 12.5. The van der Waals surface area contributed by atoms with Gasteiger partial charge in [-0.05, 0) is 68.9 Å². The van der Waals surface area contributed by atoms with E-state index in [1.54, 1.807) is 0 Å². The molecule has 0 bridgehead atoms. The summed E-state index contributed by atoms with van der Waals surface area (Å²) in [5.41, 5.74) is 3.60. The van der Waals surface area contributed by atoms with E-state index < -0.39 is 6.10 Å². The van der Waals surface area contributed by atoms with Gasteiger partial charge in [-0.15, -0.1) is 0 Å². The van der Waals surface area contributed by atoms with Gasteiger partial charge in [0.05, 0.1) is 0 Å². The van der Waals surface area contributed by atoms with Crippen LogP contribution in [0.2, 0.25) is 0 Å². The monoisotopic (exact) mass is 464 g/mol. The Labute approximate surface area is 205 Å². The lowest BCUT2D eigenvalue weighted by atomic mass is 9.99. The number of nitrogens with zero attached hydrogens (tertiary/aromatic N) is 2. The molecule has 0 aliphatic carbocycles. The second-order valence-corrected chi connectivity index (χ2v) is 9.90. The zero-order valence-electron chi connectivity index (χ0n) is 21.1. The minimum Gasteiger partial charge on any atom is -0.489 e. The van der Waals surface area contributed by atoms with E-state index in [0.717, 1.165) is 36.4 Å². The van der Waals surface area contributed by atoms with Crippen molar-refractivity contribution in [1.82, 2.24) is 4.90 Å². The van der Waals surface area contributed by atoms with Crippen LogP contribution in [0.1, 0.15) is 52.5 Å². The van der Waals surface area contributed by atoms with Crippen molar-refractivity contribution < 1.29 is 14.6 Å². The normalized spacial score (nSPS) is 15.2. The third kappa shape index (κ3) is 7.63. The summed E-state index contributed by atoms with van der Waals surface area (Å²) in [5.74, 6) is 1.04. The summed E-state index contributed by atoms with van der Waals surface area (Å²) in [6, 6.07) is 18.9. The lowest BCUT2D eigenvalue weighted by Crippen LogP contribution is -2.49. The Kier molecular flexibility index (Phi) is 9.58. The van der Waals surface area contributed by atoms with Crippen LogP contribution >= 0.6 is 0 Å². The van der Waals surface area contributed by atoms with Crippen molar-refractivity contribution in [1.29, 1.82) is 0 Å². The molecule has 5 heteroatoms. The quantitative estimate of drug-likeness (QED) is 0.476. The Morgan fingerprint density at radius 1 is 1.09 bits per heavy atom.